The van der Waals surface area contributed by atoms with Crippen LogP contribution in [-0.4, -0.2) is 37.5 Å². The fourth-order valence-corrected chi connectivity index (χ4v) is 4.89. The second-order valence-electron chi connectivity index (χ2n) is 7.24. The molecule has 0 spiro atoms. The van der Waals surface area contributed by atoms with Crippen molar-refractivity contribution in [3.63, 3.8) is 0 Å². The predicted molar refractivity (Wildman–Crippen MR) is 111 cm³/mol. The van der Waals surface area contributed by atoms with E-state index in [9.17, 15) is 13.2 Å². The predicted octanol–water partition coefficient (Wildman–Crippen LogP) is 2.56. The van der Waals surface area contributed by atoms with Gasteiger partial charge in [0, 0.05) is 19.6 Å². The van der Waals surface area contributed by atoms with Gasteiger partial charge in [-0.25, -0.2) is 12.7 Å². The zero-order valence-corrected chi connectivity index (χ0v) is 17.3. The number of amides is 1. The van der Waals surface area contributed by atoms with Crippen molar-refractivity contribution in [1.29, 1.82) is 5.26 Å². The van der Waals surface area contributed by atoms with Crippen LogP contribution in [0.15, 0.2) is 54.6 Å². The van der Waals surface area contributed by atoms with Crippen LogP contribution >= 0.6 is 0 Å². The van der Waals surface area contributed by atoms with Crippen LogP contribution in [0.4, 0.5) is 0 Å². The highest BCUT2D eigenvalue weighted by molar-refractivity contribution is 7.89. The zero-order valence-electron chi connectivity index (χ0n) is 16.5. The molecule has 1 aliphatic rings. The van der Waals surface area contributed by atoms with Crippen LogP contribution in [0.25, 0.3) is 0 Å². The quantitative estimate of drug-likeness (QED) is 0.791. The van der Waals surface area contributed by atoms with Gasteiger partial charge in [-0.15, -0.1) is 0 Å². The molecule has 0 saturated carbocycles. The summed E-state index contributed by atoms with van der Waals surface area (Å²) in [4.78, 5) is 13.3. The second kappa shape index (κ2) is 8.76. The normalized spacial score (nSPS) is 16.7. The highest BCUT2D eigenvalue weighted by atomic mass is 32.2. The van der Waals surface area contributed by atoms with Gasteiger partial charge >= 0.3 is 0 Å². The van der Waals surface area contributed by atoms with E-state index in [1.165, 1.54) is 4.31 Å². The summed E-state index contributed by atoms with van der Waals surface area (Å²) in [5, 5.41) is 11.9. The van der Waals surface area contributed by atoms with Crippen LogP contribution in [0.2, 0.25) is 0 Å². The Hall–Kier alpha value is -2.69. The van der Waals surface area contributed by atoms with Gasteiger partial charge in [-0.1, -0.05) is 42.5 Å². The zero-order chi connectivity index (χ0) is 20.9. The standard InChI is InChI=1S/C22H25N3O3S/c1-2-29(27,28)25-14-12-22(13-15-25,20-6-4-3-5-7-20)21(26)24-17-19-10-8-18(16-23)9-11-19/h3-11H,2,12-15,17H2,1H3,(H,24,26). The van der Waals surface area contributed by atoms with Crippen molar-refractivity contribution in [2.24, 2.45) is 0 Å². The van der Waals surface area contributed by atoms with Crippen molar-refractivity contribution in [3.8, 4) is 6.07 Å². The van der Waals surface area contributed by atoms with E-state index in [-0.39, 0.29) is 11.7 Å². The van der Waals surface area contributed by atoms with E-state index in [4.69, 9.17) is 5.26 Å². The van der Waals surface area contributed by atoms with Crippen LogP contribution in [0.5, 0.6) is 0 Å². The number of hydrogen-bond acceptors (Lipinski definition) is 4. The molecule has 1 amide bonds. The van der Waals surface area contributed by atoms with Crippen LogP contribution < -0.4 is 5.32 Å². The Morgan fingerprint density at radius 3 is 2.28 bits per heavy atom. The summed E-state index contributed by atoms with van der Waals surface area (Å²) in [5.41, 5.74) is 1.64. The molecule has 7 heteroatoms. The minimum Gasteiger partial charge on any atom is -0.351 e. The molecule has 2 aromatic carbocycles. The van der Waals surface area contributed by atoms with E-state index >= 15 is 0 Å². The van der Waals surface area contributed by atoms with Gasteiger partial charge in [0.05, 0.1) is 22.8 Å². The molecular formula is C22H25N3O3S. The lowest BCUT2D eigenvalue weighted by Gasteiger charge is -2.40. The molecule has 2 aromatic rings. The Balaban J connectivity index is 1.79. The summed E-state index contributed by atoms with van der Waals surface area (Å²) in [6.07, 6.45) is 0.880. The first-order valence-corrected chi connectivity index (χ1v) is 11.3. The van der Waals surface area contributed by atoms with Gasteiger partial charge in [0.1, 0.15) is 0 Å². The van der Waals surface area contributed by atoms with Crippen LogP contribution in [0.3, 0.4) is 0 Å². The molecule has 0 bridgehead atoms. The van der Waals surface area contributed by atoms with E-state index in [0.29, 0.717) is 38.0 Å². The highest BCUT2D eigenvalue weighted by Crippen LogP contribution is 2.36. The molecule has 0 aliphatic carbocycles. The first-order chi connectivity index (χ1) is 13.9. The van der Waals surface area contributed by atoms with Gasteiger partial charge < -0.3 is 5.32 Å². The number of nitriles is 1. The molecule has 6 nitrogen and oxygen atoms in total. The number of hydrogen-bond donors (Lipinski definition) is 1. The van der Waals surface area contributed by atoms with Crippen molar-refractivity contribution in [3.05, 3.63) is 71.3 Å². The maximum atomic E-state index is 13.3. The van der Waals surface area contributed by atoms with Gasteiger partial charge in [-0.2, -0.15) is 5.26 Å². The molecule has 1 heterocycles. The van der Waals surface area contributed by atoms with Crippen molar-refractivity contribution in [2.45, 2.75) is 31.7 Å². The maximum absolute atomic E-state index is 13.3. The number of nitrogens with zero attached hydrogens (tertiary/aromatic N) is 2. The van der Waals surface area contributed by atoms with Crippen molar-refractivity contribution < 1.29 is 13.2 Å². The van der Waals surface area contributed by atoms with Crippen LogP contribution in [0, 0.1) is 11.3 Å². The van der Waals surface area contributed by atoms with Crippen LogP contribution in [-0.2, 0) is 26.8 Å². The summed E-state index contributed by atoms with van der Waals surface area (Å²) in [7, 11) is -3.27. The van der Waals surface area contributed by atoms with Gasteiger partial charge in [0.25, 0.3) is 0 Å². The Labute approximate surface area is 172 Å². The first-order valence-electron chi connectivity index (χ1n) is 9.72. The molecular weight excluding hydrogens is 386 g/mol. The third-order valence-corrected chi connectivity index (χ3v) is 7.51. The molecule has 1 N–H and O–H groups in total. The minimum atomic E-state index is -3.27. The van der Waals surface area contributed by atoms with E-state index in [0.717, 1.165) is 11.1 Å². The lowest BCUT2D eigenvalue weighted by molar-refractivity contribution is -0.128. The average Bonchev–Trinajstić information content (AvgIpc) is 2.78. The fraction of sp³-hybridized carbons (Fsp3) is 0.364. The number of sulfonamides is 1. The van der Waals surface area contributed by atoms with Crippen molar-refractivity contribution >= 4 is 15.9 Å². The molecule has 1 fully saturated rings. The molecule has 1 aliphatic heterocycles. The number of nitrogens with one attached hydrogen (secondary N) is 1. The summed E-state index contributed by atoms with van der Waals surface area (Å²) < 4.78 is 26.0. The molecule has 29 heavy (non-hydrogen) atoms. The number of piperidine rings is 1. The monoisotopic (exact) mass is 411 g/mol. The SMILES string of the molecule is CCS(=O)(=O)N1CCC(C(=O)NCc2ccc(C#N)cc2)(c2ccccc2)CC1. The number of carbonyl (C=O) groups excluding carboxylic acids is 1. The molecule has 152 valence electrons. The molecule has 1 saturated heterocycles. The van der Waals surface area contributed by atoms with Crippen molar-refractivity contribution in [2.75, 3.05) is 18.8 Å². The molecule has 0 unspecified atom stereocenters. The summed E-state index contributed by atoms with van der Waals surface area (Å²) in [6, 6.07) is 18.8. The van der Waals surface area contributed by atoms with Crippen molar-refractivity contribution in [1.82, 2.24) is 9.62 Å². The lowest BCUT2D eigenvalue weighted by atomic mass is 9.72. The van der Waals surface area contributed by atoms with E-state index < -0.39 is 15.4 Å². The third kappa shape index (κ3) is 4.50. The Morgan fingerprint density at radius 1 is 1.10 bits per heavy atom. The summed E-state index contributed by atoms with van der Waals surface area (Å²) in [6.45, 7) is 2.65. The Morgan fingerprint density at radius 2 is 1.72 bits per heavy atom. The number of rotatable bonds is 6. The number of carbonyl (C=O) groups is 1. The fourth-order valence-electron chi connectivity index (χ4n) is 3.78. The van der Waals surface area contributed by atoms with Gasteiger partial charge in [-0.05, 0) is 43.0 Å². The smallest absolute Gasteiger partial charge is 0.231 e. The van der Waals surface area contributed by atoms with E-state index in [2.05, 4.69) is 11.4 Å². The maximum Gasteiger partial charge on any atom is 0.231 e. The molecule has 0 atom stereocenters. The van der Waals surface area contributed by atoms with Gasteiger partial charge in [-0.3, -0.25) is 4.79 Å². The Kier molecular flexibility index (Phi) is 6.36. The van der Waals surface area contributed by atoms with Gasteiger partial charge in [0.2, 0.25) is 15.9 Å². The average molecular weight is 412 g/mol. The third-order valence-electron chi connectivity index (χ3n) is 5.63. The number of benzene rings is 2. The topological polar surface area (TPSA) is 90.3 Å². The summed E-state index contributed by atoms with van der Waals surface area (Å²) >= 11 is 0. The van der Waals surface area contributed by atoms with Gasteiger partial charge in [0.15, 0.2) is 0 Å². The largest absolute Gasteiger partial charge is 0.351 e. The Bertz CT molecular complexity index is 988. The second-order valence-corrected chi connectivity index (χ2v) is 9.50. The lowest BCUT2D eigenvalue weighted by Crippen LogP contribution is -2.52. The highest BCUT2D eigenvalue weighted by Gasteiger charge is 2.44. The first kappa shape index (κ1) is 21.0. The molecule has 0 radical (unpaired) electrons. The van der Waals surface area contributed by atoms with E-state index in [1.54, 1.807) is 19.1 Å². The summed E-state index contributed by atoms with van der Waals surface area (Å²) in [5.74, 6) is -0.0300. The van der Waals surface area contributed by atoms with E-state index in [1.807, 2.05) is 42.5 Å². The molecule has 0 aromatic heterocycles. The van der Waals surface area contributed by atoms with Crippen LogP contribution in [0.1, 0.15) is 36.5 Å². The molecule has 3 rings (SSSR count). The minimum absolute atomic E-state index is 0.0657.